The second kappa shape index (κ2) is 5.96. The molecule has 1 aliphatic heterocycles. The van der Waals surface area contributed by atoms with Crippen molar-refractivity contribution in [2.24, 2.45) is 5.92 Å². The molecule has 1 aromatic carbocycles. The zero-order chi connectivity index (χ0) is 13.9. The maximum Gasteiger partial charge on any atom is 0.223 e. The quantitative estimate of drug-likeness (QED) is 0.865. The van der Waals surface area contributed by atoms with Gasteiger partial charge in [0.25, 0.3) is 0 Å². The van der Waals surface area contributed by atoms with Gasteiger partial charge in [-0.3, -0.25) is 4.79 Å². The molecule has 20 heavy (non-hydrogen) atoms. The van der Waals surface area contributed by atoms with Crippen molar-refractivity contribution in [1.29, 1.82) is 0 Å². The number of amides is 1. The van der Waals surface area contributed by atoms with Crippen molar-refractivity contribution in [1.82, 2.24) is 10.6 Å². The lowest BCUT2D eigenvalue weighted by molar-refractivity contribution is -0.126. The molecule has 0 bridgehead atoms. The SMILES string of the molecule is CC1CC(C(=O)NC2CCc3ccccc3C2)CCN1. The van der Waals surface area contributed by atoms with Gasteiger partial charge < -0.3 is 10.6 Å². The van der Waals surface area contributed by atoms with Crippen LogP contribution in [0.25, 0.3) is 0 Å². The predicted molar refractivity (Wildman–Crippen MR) is 80.6 cm³/mol. The lowest BCUT2D eigenvalue weighted by Gasteiger charge is -2.30. The van der Waals surface area contributed by atoms with Crippen molar-refractivity contribution >= 4 is 5.91 Å². The van der Waals surface area contributed by atoms with E-state index in [9.17, 15) is 4.79 Å². The highest BCUT2D eigenvalue weighted by molar-refractivity contribution is 5.79. The molecule has 2 aliphatic rings. The summed E-state index contributed by atoms with van der Waals surface area (Å²) in [4.78, 5) is 12.4. The van der Waals surface area contributed by atoms with E-state index >= 15 is 0 Å². The van der Waals surface area contributed by atoms with Crippen LogP contribution in [0.5, 0.6) is 0 Å². The van der Waals surface area contributed by atoms with E-state index in [1.165, 1.54) is 11.1 Å². The molecule has 1 aliphatic carbocycles. The Hall–Kier alpha value is -1.35. The summed E-state index contributed by atoms with van der Waals surface area (Å²) in [6, 6.07) is 9.39. The highest BCUT2D eigenvalue weighted by Gasteiger charge is 2.27. The van der Waals surface area contributed by atoms with E-state index in [1.807, 2.05) is 0 Å². The Morgan fingerprint density at radius 2 is 2.05 bits per heavy atom. The van der Waals surface area contributed by atoms with E-state index in [1.54, 1.807) is 0 Å². The molecule has 0 spiro atoms. The van der Waals surface area contributed by atoms with Crippen LogP contribution in [0.3, 0.4) is 0 Å². The van der Waals surface area contributed by atoms with Crippen molar-refractivity contribution in [2.45, 2.75) is 51.1 Å². The number of benzene rings is 1. The van der Waals surface area contributed by atoms with Crippen LogP contribution in [-0.4, -0.2) is 24.5 Å². The molecule has 0 saturated carbocycles. The number of fused-ring (bicyclic) bond motifs is 1. The molecule has 3 heteroatoms. The molecule has 0 aromatic heterocycles. The molecule has 2 N–H and O–H groups in total. The topological polar surface area (TPSA) is 41.1 Å². The molecule has 1 fully saturated rings. The average Bonchev–Trinajstić information content (AvgIpc) is 2.47. The Morgan fingerprint density at radius 1 is 1.25 bits per heavy atom. The summed E-state index contributed by atoms with van der Waals surface area (Å²) in [5.74, 6) is 0.464. The number of rotatable bonds is 2. The Bertz CT molecular complexity index is 486. The number of hydrogen-bond acceptors (Lipinski definition) is 2. The number of nitrogens with one attached hydrogen (secondary N) is 2. The molecule has 3 rings (SSSR count). The van der Waals surface area contributed by atoms with Crippen LogP contribution in [0.1, 0.15) is 37.3 Å². The lowest BCUT2D eigenvalue weighted by Crippen LogP contribution is -2.46. The summed E-state index contributed by atoms with van der Waals surface area (Å²) in [5.41, 5.74) is 2.86. The zero-order valence-electron chi connectivity index (χ0n) is 12.2. The van der Waals surface area contributed by atoms with Crippen LogP contribution in [0.15, 0.2) is 24.3 Å². The average molecular weight is 272 g/mol. The standard InChI is InChI=1S/C17H24N2O/c1-12-10-15(8-9-18-12)17(20)19-16-7-6-13-4-2-3-5-14(13)11-16/h2-5,12,15-16,18H,6-11H2,1H3,(H,19,20). The smallest absolute Gasteiger partial charge is 0.223 e. The highest BCUT2D eigenvalue weighted by Crippen LogP contribution is 2.22. The largest absolute Gasteiger partial charge is 0.353 e. The monoisotopic (exact) mass is 272 g/mol. The van der Waals surface area contributed by atoms with Gasteiger partial charge in [0.2, 0.25) is 5.91 Å². The van der Waals surface area contributed by atoms with Gasteiger partial charge in [0.05, 0.1) is 0 Å². The molecular weight excluding hydrogens is 248 g/mol. The van der Waals surface area contributed by atoms with Crippen molar-refractivity contribution in [3.63, 3.8) is 0 Å². The fourth-order valence-corrected chi connectivity index (χ4v) is 3.51. The molecule has 1 heterocycles. The van der Waals surface area contributed by atoms with E-state index in [2.05, 4.69) is 41.8 Å². The van der Waals surface area contributed by atoms with Crippen molar-refractivity contribution in [3.8, 4) is 0 Å². The third-order valence-electron chi connectivity index (χ3n) is 4.69. The van der Waals surface area contributed by atoms with E-state index in [4.69, 9.17) is 0 Å². The predicted octanol–water partition coefficient (Wildman–Crippen LogP) is 2.05. The summed E-state index contributed by atoms with van der Waals surface area (Å²) in [6.45, 7) is 3.13. The lowest BCUT2D eigenvalue weighted by atomic mass is 9.87. The van der Waals surface area contributed by atoms with Crippen LogP contribution in [0.4, 0.5) is 0 Å². The first-order valence-electron chi connectivity index (χ1n) is 7.83. The first-order valence-corrected chi connectivity index (χ1v) is 7.83. The van der Waals surface area contributed by atoms with Crippen LogP contribution < -0.4 is 10.6 Å². The van der Waals surface area contributed by atoms with Gasteiger partial charge in [0, 0.05) is 18.0 Å². The second-order valence-corrected chi connectivity index (χ2v) is 6.29. The van der Waals surface area contributed by atoms with Gasteiger partial charge in [0.1, 0.15) is 0 Å². The number of carbonyl (C=O) groups excluding carboxylic acids is 1. The molecular formula is C17H24N2O. The third-order valence-corrected chi connectivity index (χ3v) is 4.69. The van der Waals surface area contributed by atoms with E-state index in [0.29, 0.717) is 12.1 Å². The molecule has 1 aromatic rings. The van der Waals surface area contributed by atoms with Gasteiger partial charge >= 0.3 is 0 Å². The molecule has 3 atom stereocenters. The van der Waals surface area contributed by atoms with E-state index < -0.39 is 0 Å². The fourth-order valence-electron chi connectivity index (χ4n) is 3.51. The number of carbonyl (C=O) groups is 1. The van der Waals surface area contributed by atoms with Gasteiger partial charge in [-0.15, -0.1) is 0 Å². The second-order valence-electron chi connectivity index (χ2n) is 6.29. The Kier molecular flexibility index (Phi) is 4.06. The van der Waals surface area contributed by atoms with Gasteiger partial charge in [-0.25, -0.2) is 0 Å². The molecule has 108 valence electrons. The molecule has 3 unspecified atom stereocenters. The van der Waals surface area contributed by atoms with E-state index in [-0.39, 0.29) is 11.8 Å². The number of hydrogen-bond donors (Lipinski definition) is 2. The maximum absolute atomic E-state index is 12.4. The first kappa shape index (κ1) is 13.6. The minimum Gasteiger partial charge on any atom is -0.353 e. The van der Waals surface area contributed by atoms with E-state index in [0.717, 1.165) is 38.6 Å². The van der Waals surface area contributed by atoms with Gasteiger partial charge in [0.15, 0.2) is 0 Å². The van der Waals surface area contributed by atoms with Crippen LogP contribution in [0.2, 0.25) is 0 Å². The molecule has 1 amide bonds. The normalized spacial score (nSPS) is 29.6. The van der Waals surface area contributed by atoms with Crippen LogP contribution in [-0.2, 0) is 17.6 Å². The van der Waals surface area contributed by atoms with Crippen molar-refractivity contribution < 1.29 is 4.79 Å². The Morgan fingerprint density at radius 3 is 2.85 bits per heavy atom. The molecule has 3 nitrogen and oxygen atoms in total. The maximum atomic E-state index is 12.4. The van der Waals surface area contributed by atoms with Crippen LogP contribution >= 0.6 is 0 Å². The first-order chi connectivity index (χ1) is 9.72. The van der Waals surface area contributed by atoms with Gasteiger partial charge in [-0.05, 0) is 56.7 Å². The summed E-state index contributed by atoms with van der Waals surface area (Å²) < 4.78 is 0. The highest BCUT2D eigenvalue weighted by atomic mass is 16.1. The van der Waals surface area contributed by atoms with Crippen molar-refractivity contribution in [3.05, 3.63) is 35.4 Å². The number of aryl methyl sites for hydroxylation is 1. The van der Waals surface area contributed by atoms with Crippen LogP contribution in [0, 0.1) is 5.92 Å². The minimum absolute atomic E-state index is 0.198. The molecule has 1 saturated heterocycles. The molecule has 0 radical (unpaired) electrons. The van der Waals surface area contributed by atoms with Gasteiger partial charge in [-0.1, -0.05) is 24.3 Å². The zero-order valence-corrected chi connectivity index (χ0v) is 12.2. The summed E-state index contributed by atoms with van der Waals surface area (Å²) >= 11 is 0. The summed E-state index contributed by atoms with van der Waals surface area (Å²) in [5, 5.41) is 6.69. The minimum atomic E-state index is 0.198. The number of piperidine rings is 1. The Labute approximate surface area is 121 Å². The third kappa shape index (κ3) is 3.04. The van der Waals surface area contributed by atoms with Gasteiger partial charge in [-0.2, -0.15) is 0 Å². The fraction of sp³-hybridized carbons (Fsp3) is 0.588. The Balaban J connectivity index is 1.58. The summed E-state index contributed by atoms with van der Waals surface area (Å²) in [6.07, 6.45) is 5.09. The van der Waals surface area contributed by atoms with Crippen molar-refractivity contribution in [2.75, 3.05) is 6.54 Å². The summed E-state index contributed by atoms with van der Waals surface area (Å²) in [7, 11) is 0.